The molecule has 1 saturated carbocycles. The third kappa shape index (κ3) is 5.91. The Morgan fingerprint density at radius 2 is 1.79 bits per heavy atom. The molecule has 10 heteroatoms. The van der Waals surface area contributed by atoms with Crippen molar-refractivity contribution in [3.63, 3.8) is 0 Å². The first-order valence-electron chi connectivity index (χ1n) is 13.1. The van der Waals surface area contributed by atoms with Gasteiger partial charge in [-0.05, 0) is 55.9 Å². The van der Waals surface area contributed by atoms with Gasteiger partial charge in [0.25, 0.3) is 0 Å². The Morgan fingerprint density at radius 3 is 2.50 bits per heavy atom. The van der Waals surface area contributed by atoms with Crippen LogP contribution in [0.15, 0.2) is 65.6 Å². The van der Waals surface area contributed by atoms with E-state index in [2.05, 4.69) is 5.10 Å². The van der Waals surface area contributed by atoms with Crippen LogP contribution in [0.4, 0.5) is 10.1 Å². The van der Waals surface area contributed by atoms with Gasteiger partial charge >= 0.3 is 5.56 Å². The third-order valence-corrected chi connectivity index (χ3v) is 8.65. The lowest BCUT2D eigenvalue weighted by molar-refractivity contribution is 0.152. The van der Waals surface area contributed by atoms with Crippen molar-refractivity contribution in [2.45, 2.75) is 50.7 Å². The Bertz CT molecular complexity index is 1420. The molecule has 1 atom stereocenters. The molecule has 2 heterocycles. The topological polar surface area (TPSA) is 84.7 Å². The van der Waals surface area contributed by atoms with Crippen LogP contribution in [0.1, 0.15) is 37.7 Å². The van der Waals surface area contributed by atoms with Crippen LogP contribution < -0.4 is 15.2 Å². The molecule has 3 aromatic rings. The molecule has 1 aromatic heterocycles. The van der Waals surface area contributed by atoms with Crippen molar-refractivity contribution in [2.75, 3.05) is 30.8 Å². The Hall–Kier alpha value is -3.24. The van der Waals surface area contributed by atoms with E-state index >= 15 is 0 Å². The molecule has 0 spiro atoms. The van der Waals surface area contributed by atoms with Gasteiger partial charge in [-0.3, -0.25) is 4.79 Å². The van der Waals surface area contributed by atoms with E-state index in [-0.39, 0.29) is 24.4 Å². The van der Waals surface area contributed by atoms with Gasteiger partial charge in [-0.25, -0.2) is 12.8 Å². The zero-order valence-corrected chi connectivity index (χ0v) is 22.3. The van der Waals surface area contributed by atoms with Crippen molar-refractivity contribution in [1.29, 1.82) is 0 Å². The molecule has 1 aliphatic carbocycles. The minimum Gasteiger partial charge on any atom is -0.483 e. The van der Waals surface area contributed by atoms with E-state index in [1.165, 1.54) is 29.1 Å². The number of anilines is 1. The maximum absolute atomic E-state index is 13.9. The number of nitrogens with zero attached hydrogens (tertiary/aromatic N) is 4. The number of benzene rings is 2. The van der Waals surface area contributed by atoms with Crippen molar-refractivity contribution in [2.24, 2.45) is 0 Å². The zero-order valence-electron chi connectivity index (χ0n) is 21.5. The van der Waals surface area contributed by atoms with E-state index in [4.69, 9.17) is 4.74 Å². The summed E-state index contributed by atoms with van der Waals surface area (Å²) in [5.41, 5.74) is 1.44. The average molecular weight is 541 g/mol. The van der Waals surface area contributed by atoms with E-state index in [9.17, 15) is 17.6 Å². The van der Waals surface area contributed by atoms with Crippen LogP contribution in [-0.4, -0.2) is 60.5 Å². The van der Waals surface area contributed by atoms with Crippen LogP contribution >= 0.6 is 0 Å². The molecule has 2 aliphatic rings. The first kappa shape index (κ1) is 26.4. The van der Waals surface area contributed by atoms with E-state index < -0.39 is 21.4 Å². The maximum Gasteiger partial charge on any atom is 0.316 e. The summed E-state index contributed by atoms with van der Waals surface area (Å²) >= 11 is 0. The molecule has 2 fully saturated rings. The number of piperazine rings is 1. The number of sulfonamides is 1. The fraction of sp³-hybridized carbons (Fsp3) is 0.429. The van der Waals surface area contributed by atoms with Gasteiger partial charge in [-0.1, -0.05) is 42.8 Å². The van der Waals surface area contributed by atoms with E-state index in [0.717, 1.165) is 37.7 Å². The lowest BCUT2D eigenvalue weighted by atomic mass is 9.98. The number of ether oxygens (including phenoxy) is 1. The number of hydrogen-bond donors (Lipinski definition) is 0. The van der Waals surface area contributed by atoms with Crippen LogP contribution in [0.2, 0.25) is 0 Å². The van der Waals surface area contributed by atoms with Crippen molar-refractivity contribution >= 4 is 15.7 Å². The highest BCUT2D eigenvalue weighted by Gasteiger charge is 2.35. The van der Waals surface area contributed by atoms with Gasteiger partial charge in [-0.2, -0.15) is 14.1 Å². The second-order valence-corrected chi connectivity index (χ2v) is 12.0. The van der Waals surface area contributed by atoms with Gasteiger partial charge in [0, 0.05) is 25.7 Å². The van der Waals surface area contributed by atoms with Crippen molar-refractivity contribution < 1.29 is 17.5 Å². The first-order valence-corrected chi connectivity index (χ1v) is 14.9. The van der Waals surface area contributed by atoms with Gasteiger partial charge in [0.1, 0.15) is 11.5 Å². The van der Waals surface area contributed by atoms with Crippen LogP contribution in [0, 0.1) is 5.82 Å². The molecule has 5 rings (SSSR count). The van der Waals surface area contributed by atoms with Gasteiger partial charge in [0.05, 0.1) is 24.2 Å². The highest BCUT2D eigenvalue weighted by molar-refractivity contribution is 7.88. The quantitative estimate of drug-likeness (QED) is 0.454. The second kappa shape index (κ2) is 11.2. The monoisotopic (exact) mass is 540 g/mol. The zero-order chi connectivity index (χ0) is 26.7. The molecule has 0 bridgehead atoms. The Labute approximate surface area is 222 Å². The molecular weight excluding hydrogens is 507 g/mol. The van der Waals surface area contributed by atoms with Crippen LogP contribution in [-0.2, 0) is 16.4 Å². The largest absolute Gasteiger partial charge is 0.483 e. The Balaban J connectivity index is 1.52. The van der Waals surface area contributed by atoms with Crippen LogP contribution in [0.25, 0.3) is 5.69 Å². The first-order chi connectivity index (χ1) is 18.3. The third-order valence-electron chi connectivity index (χ3n) is 7.31. The molecule has 1 aliphatic heterocycles. The molecule has 1 saturated heterocycles. The van der Waals surface area contributed by atoms with Crippen molar-refractivity contribution in [3.8, 4) is 11.4 Å². The molecular formula is C28H33FN4O4S. The molecule has 38 heavy (non-hydrogen) atoms. The summed E-state index contributed by atoms with van der Waals surface area (Å²) in [6, 6.07) is 15.2. The lowest BCUT2D eigenvalue weighted by Crippen LogP contribution is -2.56. The summed E-state index contributed by atoms with van der Waals surface area (Å²) < 4.78 is 48.3. The minimum atomic E-state index is -3.43. The second-order valence-electron chi connectivity index (χ2n) is 10.1. The number of aromatic nitrogens is 2. The number of rotatable bonds is 7. The van der Waals surface area contributed by atoms with Crippen molar-refractivity contribution in [3.05, 3.63) is 82.5 Å². The van der Waals surface area contributed by atoms with Crippen LogP contribution in [0.5, 0.6) is 5.75 Å². The predicted molar refractivity (Wildman–Crippen MR) is 145 cm³/mol. The highest BCUT2D eigenvalue weighted by Crippen LogP contribution is 2.31. The van der Waals surface area contributed by atoms with Gasteiger partial charge in [0.15, 0.2) is 0 Å². The van der Waals surface area contributed by atoms with Gasteiger partial charge < -0.3 is 9.64 Å². The van der Waals surface area contributed by atoms with Gasteiger partial charge in [-0.15, -0.1) is 0 Å². The molecule has 0 N–H and O–H groups in total. The van der Waals surface area contributed by atoms with E-state index in [1.807, 2.05) is 35.2 Å². The normalized spacial score (nSPS) is 19.4. The fourth-order valence-electron chi connectivity index (χ4n) is 5.45. The number of halogens is 1. The summed E-state index contributed by atoms with van der Waals surface area (Å²) in [4.78, 5) is 15.7. The Kier molecular flexibility index (Phi) is 7.80. The summed E-state index contributed by atoms with van der Waals surface area (Å²) in [6.07, 6.45) is 8.21. The molecule has 202 valence electrons. The SMILES string of the molecule is CS(=O)(=O)N1CCN(c2cnn(-c3cccc(F)c3)c(=O)c2OC2CCCCC2)C[C@@H]1Cc1ccccc1. The molecule has 0 radical (unpaired) electrons. The average Bonchev–Trinajstić information content (AvgIpc) is 2.90. The van der Waals surface area contributed by atoms with Crippen molar-refractivity contribution in [1.82, 2.24) is 14.1 Å². The smallest absolute Gasteiger partial charge is 0.316 e. The molecule has 0 amide bonds. The van der Waals surface area contributed by atoms with Gasteiger partial charge in [0.2, 0.25) is 15.8 Å². The summed E-state index contributed by atoms with van der Waals surface area (Å²) in [6.45, 7) is 1.06. The predicted octanol–water partition coefficient (Wildman–Crippen LogP) is 3.78. The van der Waals surface area contributed by atoms with E-state index in [1.54, 1.807) is 16.6 Å². The van der Waals surface area contributed by atoms with Crippen LogP contribution in [0.3, 0.4) is 0 Å². The molecule has 8 nitrogen and oxygen atoms in total. The number of hydrogen-bond acceptors (Lipinski definition) is 6. The highest BCUT2D eigenvalue weighted by atomic mass is 32.2. The minimum absolute atomic E-state index is 0.0871. The summed E-state index contributed by atoms with van der Waals surface area (Å²) in [5.74, 6) is -0.280. The standard InChI is InChI=1S/C28H33FN4O4S/c1-38(35,36)32-16-15-31(20-24(32)17-21-9-4-2-5-10-21)26-19-30-33(23-12-8-11-22(29)18-23)28(34)27(26)37-25-13-6-3-7-14-25/h2,4-5,8-12,18-19,24-25H,3,6-7,13-17,20H2,1H3/t24-/m0/s1. The Morgan fingerprint density at radius 1 is 1.03 bits per heavy atom. The fourth-order valence-corrected chi connectivity index (χ4v) is 6.55. The lowest BCUT2D eigenvalue weighted by Gasteiger charge is -2.41. The maximum atomic E-state index is 13.9. The summed E-state index contributed by atoms with van der Waals surface area (Å²) in [7, 11) is -3.43. The van der Waals surface area contributed by atoms with E-state index in [0.29, 0.717) is 30.9 Å². The molecule has 2 aromatic carbocycles. The summed E-state index contributed by atoms with van der Waals surface area (Å²) in [5, 5.41) is 4.38. The molecule has 0 unspecified atom stereocenters.